The smallest absolute Gasteiger partial charge is 0.317 e. The van der Waals surface area contributed by atoms with Gasteiger partial charge >= 0.3 is 5.97 Å². The lowest BCUT2D eigenvalue weighted by Gasteiger charge is -2.37. The molecule has 1 aromatic carbocycles. The van der Waals surface area contributed by atoms with Crippen molar-refractivity contribution in [2.24, 2.45) is 5.92 Å². The van der Waals surface area contributed by atoms with Crippen molar-refractivity contribution in [1.82, 2.24) is 10.2 Å². The van der Waals surface area contributed by atoms with Gasteiger partial charge in [-0.15, -0.1) is 0 Å². The van der Waals surface area contributed by atoms with Crippen molar-refractivity contribution < 1.29 is 9.90 Å². The number of unbranched alkanes of at least 4 members (excludes halogenated alkanes) is 1. The molecular weight excluding hydrogens is 276 g/mol. The van der Waals surface area contributed by atoms with Gasteiger partial charge in [0, 0.05) is 25.7 Å². The van der Waals surface area contributed by atoms with E-state index in [1.807, 2.05) is 6.07 Å². The van der Waals surface area contributed by atoms with Crippen molar-refractivity contribution in [3.8, 4) is 0 Å². The minimum atomic E-state index is -0.724. The number of carboxylic acids is 1. The van der Waals surface area contributed by atoms with E-state index in [0.29, 0.717) is 12.0 Å². The zero-order chi connectivity index (χ0) is 15.8. The highest BCUT2D eigenvalue weighted by Crippen LogP contribution is 2.22. The van der Waals surface area contributed by atoms with Gasteiger partial charge in [-0.1, -0.05) is 50.1 Å². The Kier molecular flexibility index (Phi) is 6.87. The molecule has 1 heterocycles. The molecule has 4 nitrogen and oxygen atoms in total. The van der Waals surface area contributed by atoms with Crippen molar-refractivity contribution in [2.75, 3.05) is 19.6 Å². The van der Waals surface area contributed by atoms with Gasteiger partial charge < -0.3 is 10.4 Å². The Morgan fingerprint density at radius 3 is 2.77 bits per heavy atom. The number of nitrogens with zero attached hydrogens (tertiary/aromatic N) is 1. The summed E-state index contributed by atoms with van der Waals surface area (Å²) in [5.74, 6) is -0.112. The highest BCUT2D eigenvalue weighted by molar-refractivity contribution is 5.69. The third kappa shape index (κ3) is 5.78. The number of hydrogen-bond donors (Lipinski definition) is 2. The minimum Gasteiger partial charge on any atom is -0.480 e. The molecule has 2 N–H and O–H groups in total. The van der Waals surface area contributed by atoms with Crippen LogP contribution in [-0.2, 0) is 11.3 Å². The molecule has 2 atom stereocenters. The summed E-state index contributed by atoms with van der Waals surface area (Å²) in [6.07, 6.45) is 4.80. The van der Waals surface area contributed by atoms with E-state index in [-0.39, 0.29) is 6.54 Å². The van der Waals surface area contributed by atoms with Crippen LogP contribution in [0.2, 0.25) is 0 Å². The van der Waals surface area contributed by atoms with E-state index in [4.69, 9.17) is 5.11 Å². The molecule has 1 saturated heterocycles. The Balaban J connectivity index is 1.88. The first kappa shape index (κ1) is 17.0. The summed E-state index contributed by atoms with van der Waals surface area (Å²) in [4.78, 5) is 13.1. The molecule has 1 aromatic rings. The second-order valence-electron chi connectivity index (χ2n) is 6.40. The molecule has 2 unspecified atom stereocenters. The Bertz CT molecular complexity index is 450. The molecule has 2 rings (SSSR count). The summed E-state index contributed by atoms with van der Waals surface area (Å²) in [5, 5.41) is 12.7. The van der Waals surface area contributed by atoms with Crippen LogP contribution in [0.25, 0.3) is 0 Å². The van der Waals surface area contributed by atoms with Crippen LogP contribution < -0.4 is 5.32 Å². The van der Waals surface area contributed by atoms with Crippen LogP contribution in [0, 0.1) is 5.92 Å². The SMILES string of the molecule is CCCCC1CC(NCc2ccccc2)CN(CC(=O)O)C1. The first-order chi connectivity index (χ1) is 10.7. The molecule has 0 bridgehead atoms. The highest BCUT2D eigenvalue weighted by Gasteiger charge is 2.27. The van der Waals surface area contributed by atoms with Crippen LogP contribution in [-0.4, -0.2) is 41.7 Å². The lowest BCUT2D eigenvalue weighted by Crippen LogP contribution is -2.50. The fourth-order valence-electron chi connectivity index (χ4n) is 3.33. The van der Waals surface area contributed by atoms with Crippen molar-refractivity contribution in [1.29, 1.82) is 0 Å². The summed E-state index contributed by atoms with van der Waals surface area (Å²) in [6, 6.07) is 10.8. The Morgan fingerprint density at radius 1 is 1.32 bits per heavy atom. The largest absolute Gasteiger partial charge is 0.480 e. The second-order valence-corrected chi connectivity index (χ2v) is 6.40. The predicted octanol–water partition coefficient (Wildman–Crippen LogP) is 2.74. The molecule has 0 aliphatic carbocycles. The van der Waals surface area contributed by atoms with Gasteiger partial charge in [-0.25, -0.2) is 0 Å². The molecule has 4 heteroatoms. The summed E-state index contributed by atoms with van der Waals surface area (Å²) in [6.45, 7) is 4.99. The number of rotatable bonds is 8. The molecule has 0 aromatic heterocycles. The van der Waals surface area contributed by atoms with E-state index in [9.17, 15) is 4.79 Å². The zero-order valence-corrected chi connectivity index (χ0v) is 13.5. The number of aliphatic carboxylic acids is 1. The molecule has 122 valence electrons. The van der Waals surface area contributed by atoms with E-state index in [1.54, 1.807) is 0 Å². The molecule has 0 saturated carbocycles. The van der Waals surface area contributed by atoms with Gasteiger partial charge in [0.1, 0.15) is 0 Å². The van der Waals surface area contributed by atoms with Gasteiger partial charge in [-0.05, 0) is 24.3 Å². The van der Waals surface area contributed by atoms with Crippen LogP contribution in [0.4, 0.5) is 0 Å². The molecule has 0 spiro atoms. The number of benzene rings is 1. The van der Waals surface area contributed by atoms with Crippen LogP contribution >= 0.6 is 0 Å². The van der Waals surface area contributed by atoms with E-state index >= 15 is 0 Å². The maximum Gasteiger partial charge on any atom is 0.317 e. The van der Waals surface area contributed by atoms with Gasteiger partial charge in [0.2, 0.25) is 0 Å². The van der Waals surface area contributed by atoms with E-state index in [0.717, 1.165) is 26.1 Å². The Labute approximate surface area is 133 Å². The standard InChI is InChI=1S/C18H28N2O2/c1-2-3-7-16-10-17(13-20(12-16)14-18(21)22)19-11-15-8-5-4-6-9-15/h4-6,8-9,16-17,19H,2-3,7,10-14H2,1H3,(H,21,22). The molecule has 1 fully saturated rings. The van der Waals surface area contributed by atoms with Gasteiger partial charge in [-0.2, -0.15) is 0 Å². The average molecular weight is 304 g/mol. The molecule has 1 aliphatic heterocycles. The molecular formula is C18H28N2O2. The van der Waals surface area contributed by atoms with Gasteiger partial charge in [0.05, 0.1) is 6.54 Å². The van der Waals surface area contributed by atoms with E-state index in [1.165, 1.54) is 24.8 Å². The van der Waals surface area contributed by atoms with Crippen LogP contribution in [0.15, 0.2) is 30.3 Å². The Hall–Kier alpha value is -1.39. The highest BCUT2D eigenvalue weighted by atomic mass is 16.4. The fraction of sp³-hybridized carbons (Fsp3) is 0.611. The Morgan fingerprint density at radius 2 is 2.09 bits per heavy atom. The lowest BCUT2D eigenvalue weighted by molar-refractivity contribution is -0.138. The number of piperidine rings is 1. The van der Waals surface area contributed by atoms with Gasteiger partial charge in [0.15, 0.2) is 0 Å². The topological polar surface area (TPSA) is 52.6 Å². The first-order valence-corrected chi connectivity index (χ1v) is 8.38. The number of likely N-dealkylation sites (tertiary alicyclic amines) is 1. The van der Waals surface area contributed by atoms with Gasteiger partial charge in [0.25, 0.3) is 0 Å². The first-order valence-electron chi connectivity index (χ1n) is 8.38. The second kappa shape index (κ2) is 8.91. The molecule has 0 radical (unpaired) electrons. The monoisotopic (exact) mass is 304 g/mol. The maximum atomic E-state index is 11.0. The lowest BCUT2D eigenvalue weighted by atomic mass is 9.89. The van der Waals surface area contributed by atoms with Crippen molar-refractivity contribution >= 4 is 5.97 Å². The fourth-order valence-corrected chi connectivity index (χ4v) is 3.33. The number of carbonyl (C=O) groups is 1. The summed E-state index contributed by atoms with van der Waals surface area (Å²) in [5.41, 5.74) is 1.28. The number of nitrogens with one attached hydrogen (secondary N) is 1. The van der Waals surface area contributed by atoms with E-state index < -0.39 is 5.97 Å². The zero-order valence-electron chi connectivity index (χ0n) is 13.5. The van der Waals surface area contributed by atoms with Crippen molar-refractivity contribution in [3.05, 3.63) is 35.9 Å². The predicted molar refractivity (Wildman–Crippen MR) is 88.8 cm³/mol. The van der Waals surface area contributed by atoms with Crippen LogP contribution in [0.1, 0.15) is 38.2 Å². The maximum absolute atomic E-state index is 11.0. The minimum absolute atomic E-state index is 0.159. The third-order valence-corrected chi connectivity index (χ3v) is 4.38. The third-order valence-electron chi connectivity index (χ3n) is 4.38. The summed E-state index contributed by atoms with van der Waals surface area (Å²) < 4.78 is 0. The molecule has 0 amide bonds. The average Bonchev–Trinajstić information content (AvgIpc) is 2.51. The van der Waals surface area contributed by atoms with Crippen molar-refractivity contribution in [3.63, 3.8) is 0 Å². The normalized spacial score (nSPS) is 22.6. The summed E-state index contributed by atoms with van der Waals surface area (Å²) in [7, 11) is 0. The molecule has 1 aliphatic rings. The number of hydrogen-bond acceptors (Lipinski definition) is 3. The van der Waals surface area contributed by atoms with E-state index in [2.05, 4.69) is 41.4 Å². The van der Waals surface area contributed by atoms with Crippen LogP contribution in [0.3, 0.4) is 0 Å². The molecule has 22 heavy (non-hydrogen) atoms. The number of carboxylic acid groups (broad SMARTS) is 1. The van der Waals surface area contributed by atoms with Crippen LogP contribution in [0.5, 0.6) is 0 Å². The summed E-state index contributed by atoms with van der Waals surface area (Å²) >= 11 is 0. The van der Waals surface area contributed by atoms with Gasteiger partial charge in [-0.3, -0.25) is 9.69 Å². The quantitative estimate of drug-likeness (QED) is 0.775. The van der Waals surface area contributed by atoms with Crippen molar-refractivity contribution in [2.45, 2.75) is 45.2 Å².